The lowest BCUT2D eigenvalue weighted by molar-refractivity contribution is -0.178. The Labute approximate surface area is 222 Å². The first-order valence-corrected chi connectivity index (χ1v) is 13.3. The van der Waals surface area contributed by atoms with Crippen molar-refractivity contribution in [3.8, 4) is 11.5 Å². The third-order valence-corrected chi connectivity index (χ3v) is 8.40. The molecule has 5 rings (SSSR count). The van der Waals surface area contributed by atoms with E-state index >= 15 is 0 Å². The van der Waals surface area contributed by atoms with Crippen LogP contribution in [0.15, 0.2) is 24.0 Å². The molecule has 1 fully saturated rings. The Kier molecular flexibility index (Phi) is 6.86. The highest BCUT2D eigenvalue weighted by molar-refractivity contribution is 5.85. The number of esters is 1. The highest BCUT2D eigenvalue weighted by atomic mass is 16.7. The van der Waals surface area contributed by atoms with E-state index in [1.807, 2.05) is 18.2 Å². The van der Waals surface area contributed by atoms with Gasteiger partial charge in [-0.1, -0.05) is 0 Å². The summed E-state index contributed by atoms with van der Waals surface area (Å²) in [5.74, 6) is -0.843. The second-order valence-corrected chi connectivity index (χ2v) is 11.6. The van der Waals surface area contributed by atoms with Crippen LogP contribution in [0.1, 0.15) is 69.4 Å². The van der Waals surface area contributed by atoms with Crippen molar-refractivity contribution < 1.29 is 43.9 Å². The maximum atomic E-state index is 13.6. The van der Waals surface area contributed by atoms with Crippen molar-refractivity contribution in [2.75, 3.05) is 27.0 Å². The quantitative estimate of drug-likeness (QED) is 0.408. The molecule has 208 valence electrons. The fourth-order valence-electron chi connectivity index (χ4n) is 6.65. The minimum absolute atomic E-state index is 0.146. The number of carbonyl (C=O) groups excluding carboxylic acids is 1. The summed E-state index contributed by atoms with van der Waals surface area (Å²) in [6.07, 6.45) is 3.38. The second kappa shape index (κ2) is 9.73. The molecule has 0 radical (unpaired) electrons. The van der Waals surface area contributed by atoms with Crippen LogP contribution in [0.5, 0.6) is 11.5 Å². The number of rotatable bonds is 9. The summed E-state index contributed by atoms with van der Waals surface area (Å²) >= 11 is 0. The third-order valence-electron chi connectivity index (χ3n) is 8.40. The lowest BCUT2D eigenvalue weighted by Gasteiger charge is -2.39. The van der Waals surface area contributed by atoms with Gasteiger partial charge in [0.05, 0.1) is 30.6 Å². The number of nitrogens with zero attached hydrogens (tertiary/aromatic N) is 1. The number of fused-ring (bicyclic) bond motifs is 3. The van der Waals surface area contributed by atoms with Gasteiger partial charge in [0, 0.05) is 6.54 Å². The zero-order chi connectivity index (χ0) is 27.3. The SMILES string of the molecule is COC1=C[C@@]23CCCN2CCc2cc4c(cc2[C@@H]3[C@@H]1OC(=O)[C@@](O)(CCCC(C)(C)O)CC(=O)O)OCO4. The van der Waals surface area contributed by atoms with Crippen molar-refractivity contribution in [1.29, 1.82) is 0 Å². The van der Waals surface area contributed by atoms with E-state index in [4.69, 9.17) is 18.9 Å². The maximum Gasteiger partial charge on any atom is 0.339 e. The van der Waals surface area contributed by atoms with Crippen LogP contribution in [0.3, 0.4) is 0 Å². The number of aliphatic hydroxyl groups is 2. The van der Waals surface area contributed by atoms with E-state index in [1.165, 1.54) is 7.11 Å². The lowest BCUT2D eigenvalue weighted by Crippen LogP contribution is -2.49. The van der Waals surface area contributed by atoms with Crippen LogP contribution < -0.4 is 9.47 Å². The highest BCUT2D eigenvalue weighted by Crippen LogP contribution is 2.55. The molecule has 4 atom stereocenters. The molecule has 3 aliphatic heterocycles. The van der Waals surface area contributed by atoms with Gasteiger partial charge < -0.3 is 34.3 Å². The van der Waals surface area contributed by atoms with Crippen LogP contribution in [-0.2, 0) is 25.5 Å². The van der Waals surface area contributed by atoms with Crippen LogP contribution in [0.25, 0.3) is 0 Å². The van der Waals surface area contributed by atoms with Gasteiger partial charge in [0.25, 0.3) is 0 Å². The Bertz CT molecular complexity index is 1140. The molecule has 0 aromatic heterocycles. The predicted molar refractivity (Wildman–Crippen MR) is 135 cm³/mol. The monoisotopic (exact) mass is 531 g/mol. The molecule has 1 spiro atoms. The number of hydrogen-bond acceptors (Lipinski definition) is 9. The van der Waals surface area contributed by atoms with Gasteiger partial charge in [-0.05, 0) is 88.3 Å². The van der Waals surface area contributed by atoms with E-state index in [9.17, 15) is 24.9 Å². The average molecular weight is 532 g/mol. The minimum Gasteiger partial charge on any atom is -0.497 e. The van der Waals surface area contributed by atoms with Crippen molar-refractivity contribution in [1.82, 2.24) is 4.90 Å². The maximum absolute atomic E-state index is 13.6. The molecular formula is C28H37NO9. The number of carboxylic acids is 1. The third kappa shape index (κ3) is 4.74. The normalized spacial score (nSPS) is 27.4. The van der Waals surface area contributed by atoms with Crippen molar-refractivity contribution in [3.05, 3.63) is 35.1 Å². The van der Waals surface area contributed by atoms with Gasteiger partial charge in [0.2, 0.25) is 6.79 Å². The number of carboxylic acid groups (broad SMARTS) is 1. The van der Waals surface area contributed by atoms with Crippen LogP contribution in [0, 0.1) is 0 Å². The first-order valence-electron chi connectivity index (χ1n) is 13.3. The molecule has 0 bridgehead atoms. The molecule has 0 saturated carbocycles. The van der Waals surface area contributed by atoms with Gasteiger partial charge in [-0.2, -0.15) is 0 Å². The molecule has 1 aromatic rings. The van der Waals surface area contributed by atoms with E-state index in [2.05, 4.69) is 4.90 Å². The topological polar surface area (TPSA) is 135 Å². The fourth-order valence-corrected chi connectivity index (χ4v) is 6.65. The van der Waals surface area contributed by atoms with Crippen LogP contribution >= 0.6 is 0 Å². The Morgan fingerprint density at radius 2 is 1.89 bits per heavy atom. The summed E-state index contributed by atoms with van der Waals surface area (Å²) in [6.45, 7) is 5.10. The van der Waals surface area contributed by atoms with Gasteiger partial charge >= 0.3 is 11.9 Å². The molecule has 10 nitrogen and oxygen atoms in total. The zero-order valence-corrected chi connectivity index (χ0v) is 22.2. The standard InChI is InChI=1S/C28H37NO9/c1-26(2,33)7-4-9-28(34,15-22(30)31)25(32)38-24-21(35-3)14-27-8-5-10-29(27)11-6-17-12-19-20(37-16-36-19)13-18(17)23(24)27/h12-14,23-24,33-34H,4-11,15-16H2,1-3H3,(H,30,31)/t23-,24-,27-,28-/m1/s1. The first kappa shape index (κ1) is 26.8. The number of benzene rings is 1. The van der Waals surface area contributed by atoms with E-state index in [1.54, 1.807) is 13.8 Å². The summed E-state index contributed by atoms with van der Waals surface area (Å²) in [5, 5.41) is 30.9. The van der Waals surface area contributed by atoms with Gasteiger partial charge in [0.1, 0.15) is 5.76 Å². The Morgan fingerprint density at radius 3 is 2.58 bits per heavy atom. The molecule has 0 amide bonds. The molecule has 3 heterocycles. The van der Waals surface area contributed by atoms with Crippen molar-refractivity contribution in [2.24, 2.45) is 0 Å². The van der Waals surface area contributed by atoms with Gasteiger partial charge in [-0.25, -0.2) is 4.79 Å². The van der Waals surface area contributed by atoms with E-state index in [0.717, 1.165) is 43.5 Å². The van der Waals surface area contributed by atoms with Crippen molar-refractivity contribution in [3.63, 3.8) is 0 Å². The largest absolute Gasteiger partial charge is 0.497 e. The fraction of sp³-hybridized carbons (Fsp3) is 0.643. The number of methoxy groups -OCH3 is 1. The number of carbonyl (C=O) groups is 2. The summed E-state index contributed by atoms with van der Waals surface area (Å²) < 4.78 is 23.1. The average Bonchev–Trinajstić information content (AvgIpc) is 3.51. The Balaban J connectivity index is 1.50. The summed E-state index contributed by atoms with van der Waals surface area (Å²) in [7, 11) is 1.53. The molecule has 1 aliphatic carbocycles. The lowest BCUT2D eigenvalue weighted by atomic mass is 9.77. The molecular weight excluding hydrogens is 494 g/mol. The number of ether oxygens (including phenoxy) is 4. The van der Waals surface area contributed by atoms with Gasteiger partial charge in [0.15, 0.2) is 23.2 Å². The van der Waals surface area contributed by atoms with Crippen LogP contribution in [-0.4, -0.2) is 82.0 Å². The number of hydrogen-bond donors (Lipinski definition) is 3. The molecule has 4 aliphatic rings. The first-order chi connectivity index (χ1) is 18.0. The van der Waals surface area contributed by atoms with E-state index < -0.39 is 41.2 Å². The van der Waals surface area contributed by atoms with Gasteiger partial charge in [-0.15, -0.1) is 0 Å². The van der Waals surface area contributed by atoms with E-state index in [-0.39, 0.29) is 32.0 Å². The molecule has 38 heavy (non-hydrogen) atoms. The van der Waals surface area contributed by atoms with Gasteiger partial charge in [-0.3, -0.25) is 9.69 Å². The molecule has 10 heteroatoms. The molecule has 3 N–H and O–H groups in total. The Hall–Kier alpha value is -2.82. The second-order valence-electron chi connectivity index (χ2n) is 11.6. The number of aliphatic carboxylic acids is 1. The van der Waals surface area contributed by atoms with Crippen molar-refractivity contribution >= 4 is 11.9 Å². The molecule has 1 aromatic carbocycles. The summed E-state index contributed by atoms with van der Waals surface area (Å²) in [5.41, 5.74) is -1.65. The minimum atomic E-state index is -2.25. The van der Waals surface area contributed by atoms with Crippen molar-refractivity contribution in [2.45, 2.75) is 87.6 Å². The predicted octanol–water partition coefficient (Wildman–Crippen LogP) is 2.49. The van der Waals surface area contributed by atoms with Crippen LogP contribution in [0.4, 0.5) is 0 Å². The zero-order valence-electron chi connectivity index (χ0n) is 22.2. The summed E-state index contributed by atoms with van der Waals surface area (Å²) in [4.78, 5) is 27.6. The van der Waals surface area contributed by atoms with Crippen LogP contribution in [0.2, 0.25) is 0 Å². The smallest absolute Gasteiger partial charge is 0.339 e. The Morgan fingerprint density at radius 1 is 1.16 bits per heavy atom. The molecule has 1 saturated heterocycles. The van der Waals surface area contributed by atoms with E-state index in [0.29, 0.717) is 17.3 Å². The highest BCUT2D eigenvalue weighted by Gasteiger charge is 2.59. The molecule has 0 unspecified atom stereocenters. The summed E-state index contributed by atoms with van der Waals surface area (Å²) in [6, 6.07) is 3.96.